The molecule has 5 rings (SSSR count). The summed E-state index contributed by atoms with van der Waals surface area (Å²) in [5.41, 5.74) is 17.7. The Morgan fingerprint density at radius 2 is 1.87 bits per heavy atom. The molecule has 10 nitrogen and oxygen atoms in total. The van der Waals surface area contributed by atoms with Crippen molar-refractivity contribution in [3.63, 3.8) is 0 Å². The first kappa shape index (κ1) is 32.7. The highest BCUT2D eigenvalue weighted by molar-refractivity contribution is 6.10. The number of fused-ring (bicyclic) bond motifs is 1. The number of nitrogens with two attached hydrogens (primary N) is 2. The standard InChI is InChI=1S/C35H46N4O6/c1-2-6-25(40)15-27(42)16-26(41)10-9-22-14-33(32(44)17-31(22)43)45-21-39-19-28-29(18-38-30(28)20-39)35(11-3-4-12-35)24-8-5-7-23(13-24)34(36)37/h5,7-8,13-14,17-19,25,27,34,40,42-44H,2-4,6,9-12,15-16,20-21,36-37H2,1H3/t25-,27+/m0/s1. The molecule has 0 saturated heterocycles. The maximum Gasteiger partial charge on any atom is 0.164 e. The number of ketones is 1. The Bertz CT molecular complexity index is 1480. The molecule has 8 N–H and O–H groups in total. The molecule has 0 unspecified atom stereocenters. The third kappa shape index (κ3) is 7.41. The van der Waals surface area contributed by atoms with Gasteiger partial charge in [0.05, 0.1) is 30.6 Å². The number of allylic oxidation sites excluding steroid dienone is 1. The number of aryl methyl sites for hydroxylation is 1. The second-order valence-electron chi connectivity index (χ2n) is 12.6. The number of carbonyl (C=O) groups excluding carboxylic acids is 1. The van der Waals surface area contributed by atoms with Crippen LogP contribution in [-0.4, -0.2) is 62.3 Å². The number of hydrogen-bond acceptors (Lipinski definition) is 10. The van der Waals surface area contributed by atoms with E-state index in [0.29, 0.717) is 18.5 Å². The number of aromatic hydroxyl groups is 2. The fraction of sp³-hybridized carbons (Fsp3) is 0.486. The van der Waals surface area contributed by atoms with Crippen LogP contribution < -0.4 is 16.2 Å². The van der Waals surface area contributed by atoms with Crippen LogP contribution in [0, 0.1) is 0 Å². The quantitative estimate of drug-likeness (QED) is 0.160. The van der Waals surface area contributed by atoms with E-state index in [1.165, 1.54) is 17.2 Å². The number of aliphatic hydroxyl groups excluding tert-OH is 2. The zero-order valence-corrected chi connectivity index (χ0v) is 26.0. The largest absolute Gasteiger partial charge is 0.508 e. The van der Waals surface area contributed by atoms with E-state index >= 15 is 0 Å². The van der Waals surface area contributed by atoms with E-state index in [1.54, 1.807) is 6.07 Å². The molecule has 1 aliphatic carbocycles. The molecule has 2 aliphatic heterocycles. The molecule has 0 aromatic heterocycles. The third-order valence-corrected chi connectivity index (χ3v) is 9.26. The second kappa shape index (κ2) is 14.2. The molecule has 0 spiro atoms. The van der Waals surface area contributed by atoms with Gasteiger partial charge in [0.2, 0.25) is 0 Å². The highest BCUT2D eigenvalue weighted by Crippen LogP contribution is 2.51. The minimum atomic E-state index is -0.904. The lowest BCUT2D eigenvalue weighted by molar-refractivity contribution is -0.121. The number of benzene rings is 2. The minimum Gasteiger partial charge on any atom is -0.508 e. The molecule has 0 radical (unpaired) electrons. The van der Waals surface area contributed by atoms with Crippen LogP contribution in [0.2, 0.25) is 0 Å². The molecule has 242 valence electrons. The molecular weight excluding hydrogens is 572 g/mol. The number of Topliss-reactive ketones (excluding diaryl/α,β-unsaturated/α-hetero) is 1. The van der Waals surface area contributed by atoms with Gasteiger partial charge in [-0.3, -0.25) is 9.79 Å². The van der Waals surface area contributed by atoms with Crippen molar-refractivity contribution in [3.8, 4) is 17.2 Å². The van der Waals surface area contributed by atoms with Crippen molar-refractivity contribution in [1.29, 1.82) is 0 Å². The van der Waals surface area contributed by atoms with E-state index < -0.39 is 18.4 Å². The van der Waals surface area contributed by atoms with Gasteiger partial charge < -0.3 is 41.5 Å². The van der Waals surface area contributed by atoms with E-state index in [2.05, 4.69) is 18.3 Å². The van der Waals surface area contributed by atoms with E-state index in [-0.39, 0.29) is 60.9 Å². The smallest absolute Gasteiger partial charge is 0.164 e. The Hall–Kier alpha value is -3.70. The first-order valence-electron chi connectivity index (χ1n) is 16.0. The van der Waals surface area contributed by atoms with Gasteiger partial charge in [-0.1, -0.05) is 50.5 Å². The molecule has 2 heterocycles. The van der Waals surface area contributed by atoms with Crippen LogP contribution in [0.15, 0.2) is 64.9 Å². The van der Waals surface area contributed by atoms with Gasteiger partial charge in [-0.05, 0) is 60.4 Å². The highest BCUT2D eigenvalue weighted by atomic mass is 16.5. The number of phenolic OH excluding ortho intramolecular Hbond substituents is 2. The number of carbonyl (C=O) groups is 1. The SMILES string of the molecule is CCC[C@H](O)C[C@@H](O)CC(=O)CCc1cc(OCN2C=C3C(C4(c5cccc(C(N)N)c5)CCCC4)=CN=C3C2)c(O)cc1O. The maximum atomic E-state index is 12.5. The van der Waals surface area contributed by atoms with Crippen molar-refractivity contribution in [2.75, 3.05) is 13.3 Å². The number of nitrogens with zero attached hydrogens (tertiary/aromatic N) is 2. The van der Waals surface area contributed by atoms with Gasteiger partial charge in [-0.15, -0.1) is 0 Å². The first-order valence-corrected chi connectivity index (χ1v) is 16.0. The van der Waals surface area contributed by atoms with Gasteiger partial charge in [0, 0.05) is 42.3 Å². The Morgan fingerprint density at radius 1 is 1.09 bits per heavy atom. The predicted molar refractivity (Wildman–Crippen MR) is 173 cm³/mol. The number of hydrogen-bond donors (Lipinski definition) is 6. The van der Waals surface area contributed by atoms with E-state index in [0.717, 1.165) is 49.0 Å². The van der Waals surface area contributed by atoms with Crippen LogP contribution in [0.5, 0.6) is 17.2 Å². The van der Waals surface area contributed by atoms with Crippen molar-refractivity contribution in [2.45, 2.75) is 94.9 Å². The van der Waals surface area contributed by atoms with Gasteiger partial charge in [0.1, 0.15) is 11.5 Å². The lowest BCUT2D eigenvalue weighted by atomic mass is 9.70. The molecule has 2 atom stereocenters. The molecule has 1 saturated carbocycles. The number of ether oxygens (including phenoxy) is 1. The lowest BCUT2D eigenvalue weighted by Gasteiger charge is -2.32. The molecule has 45 heavy (non-hydrogen) atoms. The Labute approximate surface area is 264 Å². The van der Waals surface area contributed by atoms with Crippen molar-refractivity contribution in [3.05, 3.63) is 76.6 Å². The predicted octanol–water partition coefficient (Wildman–Crippen LogP) is 4.20. The topological polar surface area (TPSA) is 175 Å². The molecule has 1 fully saturated rings. The molecule has 3 aliphatic rings. The van der Waals surface area contributed by atoms with Crippen LogP contribution >= 0.6 is 0 Å². The van der Waals surface area contributed by atoms with Crippen molar-refractivity contribution in [1.82, 2.24) is 4.90 Å². The zero-order valence-electron chi connectivity index (χ0n) is 26.0. The summed E-state index contributed by atoms with van der Waals surface area (Å²) in [6.45, 7) is 2.67. The van der Waals surface area contributed by atoms with Crippen molar-refractivity contribution in [2.24, 2.45) is 16.5 Å². The Balaban J connectivity index is 1.22. The Morgan fingerprint density at radius 3 is 2.60 bits per heavy atom. The summed E-state index contributed by atoms with van der Waals surface area (Å²) in [6.07, 6.45) is 8.11. The molecule has 0 bridgehead atoms. The van der Waals surface area contributed by atoms with E-state index in [9.17, 15) is 25.2 Å². The summed E-state index contributed by atoms with van der Waals surface area (Å²) >= 11 is 0. The van der Waals surface area contributed by atoms with E-state index in [1.807, 2.05) is 30.2 Å². The van der Waals surface area contributed by atoms with Crippen LogP contribution in [0.25, 0.3) is 0 Å². The monoisotopic (exact) mass is 618 g/mol. The molecule has 0 amide bonds. The average Bonchev–Trinajstić information content (AvgIpc) is 3.73. The number of aliphatic hydroxyl groups is 2. The fourth-order valence-corrected chi connectivity index (χ4v) is 6.88. The highest BCUT2D eigenvalue weighted by Gasteiger charge is 2.44. The van der Waals surface area contributed by atoms with Crippen LogP contribution in [0.1, 0.15) is 87.6 Å². The summed E-state index contributed by atoms with van der Waals surface area (Å²) in [6, 6.07) is 11.0. The van der Waals surface area contributed by atoms with Crippen LogP contribution in [0.3, 0.4) is 0 Å². The van der Waals surface area contributed by atoms with Crippen molar-refractivity contribution < 1.29 is 30.0 Å². The number of aliphatic imine (C=N–C) groups is 1. The van der Waals surface area contributed by atoms with Gasteiger partial charge in [0.25, 0.3) is 0 Å². The maximum absolute atomic E-state index is 12.5. The van der Waals surface area contributed by atoms with E-state index in [4.69, 9.17) is 21.2 Å². The summed E-state index contributed by atoms with van der Waals surface area (Å²) in [7, 11) is 0. The normalized spacial score (nSPS) is 18.4. The molecule has 2 aromatic rings. The van der Waals surface area contributed by atoms with Crippen LogP contribution in [0.4, 0.5) is 0 Å². The number of phenols is 2. The molecule has 2 aromatic carbocycles. The Kier molecular flexibility index (Phi) is 10.3. The summed E-state index contributed by atoms with van der Waals surface area (Å²) < 4.78 is 6.00. The molecule has 10 heteroatoms. The summed E-state index contributed by atoms with van der Waals surface area (Å²) in [4.78, 5) is 19.2. The van der Waals surface area contributed by atoms with Gasteiger partial charge in [0.15, 0.2) is 18.2 Å². The first-order chi connectivity index (χ1) is 21.6. The number of rotatable bonds is 15. The van der Waals surface area contributed by atoms with Gasteiger partial charge >= 0.3 is 0 Å². The minimum absolute atomic E-state index is 0.0554. The summed E-state index contributed by atoms with van der Waals surface area (Å²) in [5, 5.41) is 40.9. The third-order valence-electron chi connectivity index (χ3n) is 9.26. The lowest BCUT2D eigenvalue weighted by Crippen LogP contribution is -2.27. The van der Waals surface area contributed by atoms with Gasteiger partial charge in [-0.2, -0.15) is 0 Å². The van der Waals surface area contributed by atoms with Crippen molar-refractivity contribution >= 4 is 11.5 Å². The summed E-state index contributed by atoms with van der Waals surface area (Å²) in [5.74, 6) is -0.294. The van der Waals surface area contributed by atoms with Crippen LogP contribution in [-0.2, 0) is 16.6 Å². The molecular formula is C35H46N4O6. The van der Waals surface area contributed by atoms with Gasteiger partial charge in [-0.25, -0.2) is 0 Å². The average molecular weight is 619 g/mol. The second-order valence-corrected chi connectivity index (χ2v) is 12.6. The zero-order chi connectivity index (χ0) is 32.1. The fourth-order valence-electron chi connectivity index (χ4n) is 6.88.